The Kier molecular flexibility index (Phi) is 1.18. The average molecular weight is 143 g/mol. The summed E-state index contributed by atoms with van der Waals surface area (Å²) in [6, 6.07) is -0.139. The highest BCUT2D eigenvalue weighted by Crippen LogP contribution is 2.26. The minimum atomic E-state index is -0.148. The van der Waals surface area contributed by atoms with Gasteiger partial charge in [0.25, 0.3) is 0 Å². The predicted octanol–water partition coefficient (Wildman–Crippen LogP) is -0.595. The van der Waals surface area contributed by atoms with Crippen LogP contribution in [-0.4, -0.2) is 37.3 Å². The molecule has 0 spiro atoms. The molecule has 4 nitrogen and oxygen atoms in total. The quantitative estimate of drug-likeness (QED) is 0.425. The number of likely N-dealkylation sites (N-methyl/N-ethyl adjacent to an activating group) is 1. The molecule has 0 N–H and O–H groups in total. The van der Waals surface area contributed by atoms with Crippen molar-refractivity contribution in [3.63, 3.8) is 0 Å². The number of ether oxygens (including phenoxy) is 1. The van der Waals surface area contributed by atoms with Crippen molar-refractivity contribution in [1.82, 2.24) is 5.06 Å². The van der Waals surface area contributed by atoms with Crippen LogP contribution in [0.15, 0.2) is 0 Å². The molecule has 0 amide bonds. The van der Waals surface area contributed by atoms with Gasteiger partial charge in [0.2, 0.25) is 0 Å². The molecule has 0 aliphatic carbocycles. The summed E-state index contributed by atoms with van der Waals surface area (Å²) in [5.41, 5.74) is 0. The smallest absolute Gasteiger partial charge is 0.326 e. The summed E-state index contributed by atoms with van der Waals surface area (Å²) in [6.45, 7) is 1.14. The summed E-state index contributed by atoms with van der Waals surface area (Å²) in [6.07, 6.45) is 0. The second-order valence-corrected chi connectivity index (χ2v) is 2.68. The molecular weight excluding hydrogens is 134 g/mol. The fourth-order valence-electron chi connectivity index (χ4n) is 1.44. The maximum Gasteiger partial charge on any atom is 0.326 e. The number of nitrogens with zero attached hydrogens (tertiary/aromatic N) is 1. The molecule has 2 heterocycles. The van der Waals surface area contributed by atoms with Crippen molar-refractivity contribution < 1.29 is 14.4 Å². The molecule has 2 rings (SSSR count). The molecule has 0 radical (unpaired) electrons. The molecule has 2 aliphatic heterocycles. The highest BCUT2D eigenvalue weighted by molar-refractivity contribution is 5.78. The van der Waals surface area contributed by atoms with Crippen LogP contribution in [0.4, 0.5) is 0 Å². The standard InChI is InChI=1S/C6H9NO3/c1-7-5-4(3-10-7)2-9-6(5)8/h4-5H,2-3H2,1H3/t4-,5+/m0/s1. The van der Waals surface area contributed by atoms with Crippen molar-refractivity contribution in [1.29, 1.82) is 0 Å². The summed E-state index contributed by atoms with van der Waals surface area (Å²) in [5.74, 6) is 0.113. The van der Waals surface area contributed by atoms with E-state index in [0.717, 1.165) is 0 Å². The fraction of sp³-hybridized carbons (Fsp3) is 0.833. The lowest BCUT2D eigenvalue weighted by Gasteiger charge is -2.10. The average Bonchev–Trinajstić information content (AvgIpc) is 2.40. The molecule has 0 aromatic carbocycles. The largest absolute Gasteiger partial charge is 0.464 e. The molecular formula is C6H9NO3. The molecule has 0 bridgehead atoms. The monoisotopic (exact) mass is 143 g/mol. The van der Waals surface area contributed by atoms with E-state index in [9.17, 15) is 4.79 Å². The van der Waals surface area contributed by atoms with Gasteiger partial charge in [0, 0.05) is 13.0 Å². The van der Waals surface area contributed by atoms with Crippen LogP contribution in [0.5, 0.6) is 0 Å². The molecule has 2 aliphatic rings. The van der Waals surface area contributed by atoms with E-state index < -0.39 is 0 Å². The van der Waals surface area contributed by atoms with Gasteiger partial charge in [0.15, 0.2) is 0 Å². The number of hydrogen-bond acceptors (Lipinski definition) is 4. The van der Waals surface area contributed by atoms with E-state index in [0.29, 0.717) is 13.2 Å². The zero-order chi connectivity index (χ0) is 7.14. The van der Waals surface area contributed by atoms with Gasteiger partial charge >= 0.3 is 5.97 Å². The van der Waals surface area contributed by atoms with Gasteiger partial charge in [-0.1, -0.05) is 0 Å². The van der Waals surface area contributed by atoms with Crippen molar-refractivity contribution >= 4 is 5.97 Å². The van der Waals surface area contributed by atoms with E-state index in [-0.39, 0.29) is 17.9 Å². The lowest BCUT2D eigenvalue weighted by atomic mass is 10.1. The number of rotatable bonds is 0. The Morgan fingerprint density at radius 3 is 3.10 bits per heavy atom. The van der Waals surface area contributed by atoms with Crippen LogP contribution in [0.3, 0.4) is 0 Å². The Balaban J connectivity index is 2.19. The zero-order valence-electron chi connectivity index (χ0n) is 5.74. The third-order valence-corrected chi connectivity index (χ3v) is 2.01. The number of hydrogen-bond donors (Lipinski definition) is 0. The molecule has 0 aromatic heterocycles. The predicted molar refractivity (Wildman–Crippen MR) is 32.0 cm³/mol. The lowest BCUT2D eigenvalue weighted by Crippen LogP contribution is -2.31. The van der Waals surface area contributed by atoms with Crippen molar-refractivity contribution in [3.05, 3.63) is 0 Å². The molecule has 2 saturated heterocycles. The van der Waals surface area contributed by atoms with E-state index in [1.807, 2.05) is 0 Å². The first kappa shape index (κ1) is 6.12. The Morgan fingerprint density at radius 2 is 2.40 bits per heavy atom. The highest BCUT2D eigenvalue weighted by Gasteiger charge is 2.45. The van der Waals surface area contributed by atoms with E-state index in [1.54, 1.807) is 12.1 Å². The molecule has 2 atom stereocenters. The van der Waals surface area contributed by atoms with Gasteiger partial charge in [-0.25, -0.2) is 0 Å². The summed E-state index contributed by atoms with van der Waals surface area (Å²) >= 11 is 0. The van der Waals surface area contributed by atoms with E-state index in [1.165, 1.54) is 0 Å². The lowest BCUT2D eigenvalue weighted by molar-refractivity contribution is -0.160. The number of fused-ring (bicyclic) bond motifs is 1. The second kappa shape index (κ2) is 1.93. The van der Waals surface area contributed by atoms with Gasteiger partial charge in [-0.2, -0.15) is 5.06 Å². The summed E-state index contributed by atoms with van der Waals surface area (Å²) < 4.78 is 4.83. The molecule has 4 heteroatoms. The molecule has 10 heavy (non-hydrogen) atoms. The first-order chi connectivity index (χ1) is 4.79. The Labute approximate surface area is 58.7 Å². The van der Waals surface area contributed by atoms with Crippen LogP contribution < -0.4 is 0 Å². The maximum absolute atomic E-state index is 10.9. The molecule has 56 valence electrons. The number of carbonyl (C=O) groups excluding carboxylic acids is 1. The first-order valence-corrected chi connectivity index (χ1v) is 3.31. The van der Waals surface area contributed by atoms with Gasteiger partial charge < -0.3 is 4.74 Å². The van der Waals surface area contributed by atoms with Crippen LogP contribution in [0, 0.1) is 5.92 Å². The highest BCUT2D eigenvalue weighted by atomic mass is 16.7. The normalized spacial score (nSPS) is 39.9. The van der Waals surface area contributed by atoms with Crippen LogP contribution >= 0.6 is 0 Å². The topological polar surface area (TPSA) is 38.8 Å². The SMILES string of the molecule is CN1OC[C@@H]2COC(=O)[C@@H]21. The van der Waals surface area contributed by atoms with Crippen molar-refractivity contribution in [2.75, 3.05) is 20.3 Å². The van der Waals surface area contributed by atoms with Crippen LogP contribution in [0.25, 0.3) is 0 Å². The minimum Gasteiger partial charge on any atom is -0.464 e. The van der Waals surface area contributed by atoms with Crippen molar-refractivity contribution in [3.8, 4) is 0 Å². The summed E-state index contributed by atoms with van der Waals surface area (Å²) in [5, 5.41) is 1.58. The molecule has 0 aromatic rings. The number of esters is 1. The number of carbonyl (C=O) groups is 1. The molecule has 0 saturated carbocycles. The van der Waals surface area contributed by atoms with Crippen LogP contribution in [0.1, 0.15) is 0 Å². The number of hydroxylamine groups is 2. The second-order valence-electron chi connectivity index (χ2n) is 2.68. The zero-order valence-corrected chi connectivity index (χ0v) is 5.74. The molecule has 0 unspecified atom stereocenters. The van der Waals surface area contributed by atoms with Gasteiger partial charge in [-0.05, 0) is 0 Å². The third kappa shape index (κ3) is 0.660. The Bertz CT molecular complexity index is 170. The van der Waals surface area contributed by atoms with Crippen LogP contribution in [-0.2, 0) is 14.4 Å². The van der Waals surface area contributed by atoms with Gasteiger partial charge in [-0.3, -0.25) is 9.63 Å². The fourth-order valence-corrected chi connectivity index (χ4v) is 1.44. The number of cyclic esters (lactones) is 1. The van der Waals surface area contributed by atoms with Crippen molar-refractivity contribution in [2.24, 2.45) is 5.92 Å². The van der Waals surface area contributed by atoms with Gasteiger partial charge in [0.1, 0.15) is 6.04 Å². The van der Waals surface area contributed by atoms with E-state index >= 15 is 0 Å². The Hall–Kier alpha value is -0.610. The molecule has 2 fully saturated rings. The first-order valence-electron chi connectivity index (χ1n) is 3.31. The van der Waals surface area contributed by atoms with E-state index in [2.05, 4.69) is 0 Å². The third-order valence-electron chi connectivity index (χ3n) is 2.01. The minimum absolute atomic E-state index is 0.139. The summed E-state index contributed by atoms with van der Waals surface area (Å²) in [7, 11) is 1.76. The van der Waals surface area contributed by atoms with Gasteiger partial charge in [-0.15, -0.1) is 0 Å². The van der Waals surface area contributed by atoms with Crippen LogP contribution in [0.2, 0.25) is 0 Å². The Morgan fingerprint density at radius 1 is 1.60 bits per heavy atom. The summed E-state index contributed by atoms with van der Waals surface area (Å²) in [4.78, 5) is 16.0. The van der Waals surface area contributed by atoms with Crippen molar-refractivity contribution in [2.45, 2.75) is 6.04 Å². The van der Waals surface area contributed by atoms with Gasteiger partial charge in [0.05, 0.1) is 13.2 Å². The maximum atomic E-state index is 10.9. The van der Waals surface area contributed by atoms with E-state index in [4.69, 9.17) is 9.57 Å².